The smallest absolute Gasteiger partial charge is 0.164 e. The third-order valence-electron chi connectivity index (χ3n) is 13.4. The zero-order valence-corrected chi connectivity index (χ0v) is 35.8. The van der Waals surface area contributed by atoms with Crippen LogP contribution in [-0.2, 0) is 5.41 Å². The Morgan fingerprint density at radius 1 is 0.635 bits per heavy atom. The van der Waals surface area contributed by atoms with E-state index in [1.807, 2.05) is 42.6 Å². The van der Waals surface area contributed by atoms with E-state index in [1.165, 1.54) is 86.2 Å². The van der Waals surface area contributed by atoms with Crippen molar-refractivity contribution < 1.29 is 0 Å². The molecule has 0 amide bonds. The van der Waals surface area contributed by atoms with Crippen LogP contribution in [0.3, 0.4) is 0 Å². The first-order valence-corrected chi connectivity index (χ1v) is 22.4. The van der Waals surface area contributed by atoms with Gasteiger partial charge in [-0.15, -0.1) is 11.3 Å². The number of aromatic nitrogens is 3. The van der Waals surface area contributed by atoms with Crippen LogP contribution in [0.4, 0.5) is 0 Å². The summed E-state index contributed by atoms with van der Waals surface area (Å²) in [5, 5.41) is 7.67. The lowest BCUT2D eigenvalue weighted by atomic mass is 9.69. The minimum atomic E-state index is -0.385. The summed E-state index contributed by atoms with van der Waals surface area (Å²) in [7, 11) is 0. The van der Waals surface area contributed by atoms with E-state index in [0.29, 0.717) is 17.5 Å². The fraction of sp³-hybridized carbons (Fsp3) is 0.0678. The Labute approximate surface area is 370 Å². The predicted molar refractivity (Wildman–Crippen MR) is 268 cm³/mol. The zero-order chi connectivity index (χ0) is 42.4. The minimum Gasteiger partial charge on any atom is -0.208 e. The van der Waals surface area contributed by atoms with Gasteiger partial charge < -0.3 is 0 Å². The van der Waals surface area contributed by atoms with Crippen LogP contribution in [0.1, 0.15) is 53.4 Å². The Kier molecular flexibility index (Phi) is 8.44. The molecule has 0 fully saturated rings. The third-order valence-corrected chi connectivity index (χ3v) is 14.5. The predicted octanol–water partition coefficient (Wildman–Crippen LogP) is 15.7. The van der Waals surface area contributed by atoms with Crippen LogP contribution in [0.15, 0.2) is 195 Å². The second-order valence-electron chi connectivity index (χ2n) is 16.6. The van der Waals surface area contributed by atoms with Crippen molar-refractivity contribution in [2.45, 2.75) is 25.2 Å². The molecule has 1 spiro atoms. The van der Waals surface area contributed by atoms with E-state index in [-0.39, 0.29) is 5.41 Å². The zero-order valence-electron chi connectivity index (χ0n) is 35.0. The number of fused-ring (bicyclic) bond motifs is 13. The van der Waals surface area contributed by atoms with Gasteiger partial charge in [0.1, 0.15) is 0 Å². The molecule has 3 aliphatic rings. The molecular weight excluding hydrogens is 783 g/mol. The van der Waals surface area contributed by atoms with Crippen molar-refractivity contribution in [1.29, 1.82) is 0 Å². The van der Waals surface area contributed by atoms with E-state index in [4.69, 9.17) is 15.0 Å². The molecule has 12 rings (SSSR count). The summed E-state index contributed by atoms with van der Waals surface area (Å²) in [6.45, 7) is 14.0. The van der Waals surface area contributed by atoms with Crippen molar-refractivity contribution in [3.05, 3.63) is 229 Å². The minimum absolute atomic E-state index is 0.385. The average Bonchev–Trinajstić information content (AvgIpc) is 3.96. The summed E-state index contributed by atoms with van der Waals surface area (Å²) in [6, 6.07) is 42.9. The molecule has 0 saturated carbocycles. The number of hydrogen-bond donors (Lipinski definition) is 0. The molecule has 1 atom stereocenters. The van der Waals surface area contributed by atoms with Crippen LogP contribution in [0.5, 0.6) is 0 Å². The van der Waals surface area contributed by atoms with Gasteiger partial charge in [-0.2, -0.15) is 0 Å². The van der Waals surface area contributed by atoms with Crippen molar-refractivity contribution in [2.24, 2.45) is 0 Å². The van der Waals surface area contributed by atoms with Crippen molar-refractivity contribution in [3.63, 3.8) is 0 Å². The Balaban J connectivity index is 1.13. The maximum atomic E-state index is 5.20. The number of benzene rings is 7. The second-order valence-corrected chi connectivity index (χ2v) is 17.6. The molecule has 1 unspecified atom stereocenters. The molecule has 63 heavy (non-hydrogen) atoms. The highest BCUT2D eigenvalue weighted by Crippen LogP contribution is 2.66. The van der Waals surface area contributed by atoms with Crippen molar-refractivity contribution in [1.82, 2.24) is 15.0 Å². The number of allylic oxidation sites excluding steroid dienone is 13. The molecule has 3 nitrogen and oxygen atoms in total. The average molecular weight is 824 g/mol. The molecule has 2 heterocycles. The second kappa shape index (κ2) is 14.3. The molecule has 0 bridgehead atoms. The van der Waals surface area contributed by atoms with Gasteiger partial charge in [0.25, 0.3) is 0 Å². The number of hydrogen-bond acceptors (Lipinski definition) is 4. The van der Waals surface area contributed by atoms with Crippen molar-refractivity contribution >= 4 is 69.8 Å². The molecule has 298 valence electrons. The van der Waals surface area contributed by atoms with Gasteiger partial charge in [-0.25, -0.2) is 15.0 Å². The summed E-state index contributed by atoms with van der Waals surface area (Å²) in [6.07, 6.45) is 20.3. The summed E-state index contributed by atoms with van der Waals surface area (Å²) in [5.41, 5.74) is 15.5. The Morgan fingerprint density at radius 2 is 1.35 bits per heavy atom. The van der Waals surface area contributed by atoms with Crippen LogP contribution < -0.4 is 0 Å². The van der Waals surface area contributed by atoms with Crippen LogP contribution in [-0.4, -0.2) is 15.0 Å². The lowest BCUT2D eigenvalue weighted by Crippen LogP contribution is -2.27. The summed E-state index contributed by atoms with van der Waals surface area (Å²) in [4.78, 5) is 15.3. The maximum Gasteiger partial charge on any atom is 0.164 e. The van der Waals surface area contributed by atoms with Gasteiger partial charge in [-0.3, -0.25) is 0 Å². The molecule has 4 heteroatoms. The Morgan fingerprint density at radius 3 is 2.13 bits per heavy atom. The fourth-order valence-corrected chi connectivity index (χ4v) is 12.1. The first-order chi connectivity index (χ1) is 31.1. The van der Waals surface area contributed by atoms with Gasteiger partial charge in [-0.1, -0.05) is 171 Å². The van der Waals surface area contributed by atoms with E-state index in [1.54, 1.807) is 12.2 Å². The highest BCUT2D eigenvalue weighted by atomic mass is 32.1. The van der Waals surface area contributed by atoms with Gasteiger partial charge in [0.15, 0.2) is 17.5 Å². The van der Waals surface area contributed by atoms with Crippen molar-refractivity contribution in [3.8, 4) is 33.9 Å². The lowest BCUT2D eigenvalue weighted by molar-refractivity contribution is 0.782. The van der Waals surface area contributed by atoms with E-state index >= 15 is 0 Å². The number of rotatable bonds is 8. The highest BCUT2D eigenvalue weighted by Gasteiger charge is 2.53. The van der Waals surface area contributed by atoms with Crippen LogP contribution in [0, 0.1) is 0 Å². The molecule has 9 aromatic rings. The molecule has 0 aliphatic heterocycles. The summed E-state index contributed by atoms with van der Waals surface area (Å²) < 4.78 is 2.63. The summed E-state index contributed by atoms with van der Waals surface area (Å²) in [5.74, 6) is 1.73. The van der Waals surface area contributed by atoms with Crippen molar-refractivity contribution in [2.75, 3.05) is 0 Å². The molecular formula is C59H41N3S. The van der Waals surface area contributed by atoms with Crippen LogP contribution >= 0.6 is 11.3 Å². The topological polar surface area (TPSA) is 38.7 Å². The van der Waals surface area contributed by atoms with Gasteiger partial charge in [0, 0.05) is 36.9 Å². The molecule has 2 aromatic heterocycles. The largest absolute Gasteiger partial charge is 0.208 e. The van der Waals surface area contributed by atoms with E-state index in [2.05, 4.69) is 153 Å². The monoisotopic (exact) mass is 823 g/mol. The fourth-order valence-electron chi connectivity index (χ4n) is 10.9. The van der Waals surface area contributed by atoms with Gasteiger partial charge in [0.2, 0.25) is 0 Å². The van der Waals surface area contributed by atoms with E-state index < -0.39 is 0 Å². The molecule has 3 aliphatic carbocycles. The summed E-state index contributed by atoms with van der Waals surface area (Å²) >= 11 is 1.92. The van der Waals surface area contributed by atoms with Gasteiger partial charge >= 0.3 is 0 Å². The standard InChI is InChI=1S/C59H41N3S/c1-5-16-35(8-4)56-60-57(38-29-27-37(28-30-38)36(17-6-2)18-7-3)62-58(61-56)39-31-32-43-45(33-39)42-22-15-26-50-53(42)55-51(63-50)34-49-52(54(43)55)44-21-11-14-25-48(44)59(49)46-23-12-9-19-40(46)41-20-10-13-24-47(41)59/h5-9,11-19,21-34H,1-2,4,10,20H2,3H3/b18-7-,35-16+,36-17+. The van der Waals surface area contributed by atoms with E-state index in [0.717, 1.165) is 40.7 Å². The molecule has 7 aromatic carbocycles. The first-order valence-electron chi connectivity index (χ1n) is 21.6. The molecule has 0 N–H and O–H groups in total. The van der Waals surface area contributed by atoms with Gasteiger partial charge in [0.05, 0.1) is 5.41 Å². The third kappa shape index (κ3) is 5.22. The number of nitrogens with zero attached hydrogens (tertiary/aromatic N) is 3. The maximum absolute atomic E-state index is 5.20. The SMILES string of the molecule is C=C/C=C(\C=C/C)c1ccc(-c2nc(/C(C=C)=C/C=C)nc(-c3ccc4c(c3)c3cccc5sc6cc7c(c4c6c53)-c3ccccc3C73C4=C(CCC=C4)c4ccccc43)n2)cc1. The normalized spacial score (nSPS) is 16.8. The Bertz CT molecular complexity index is 3620. The number of thiophene rings is 1. The quantitative estimate of drug-likeness (QED) is 0.113. The highest BCUT2D eigenvalue weighted by molar-refractivity contribution is 7.26. The Hall–Kier alpha value is -7.53. The van der Waals surface area contributed by atoms with Crippen LogP contribution in [0.25, 0.3) is 92.3 Å². The molecule has 0 radical (unpaired) electrons. The molecule has 0 saturated heterocycles. The van der Waals surface area contributed by atoms with E-state index in [9.17, 15) is 0 Å². The lowest BCUT2D eigenvalue weighted by Gasteiger charge is -2.32. The van der Waals surface area contributed by atoms with Crippen LogP contribution in [0.2, 0.25) is 0 Å². The first kappa shape index (κ1) is 37.2. The van der Waals surface area contributed by atoms with Gasteiger partial charge in [-0.05, 0) is 115 Å².